The number of aromatic hydroxyl groups is 1. The second kappa shape index (κ2) is 11.5. The molecule has 1 aliphatic rings. The Kier molecular flexibility index (Phi) is 8.85. The molecule has 12 nitrogen and oxygen atoms in total. The number of aliphatic hydroxyl groups excluding tert-OH is 1. The van der Waals surface area contributed by atoms with Gasteiger partial charge in [-0.25, -0.2) is 14.0 Å². The maximum atomic E-state index is 15.4. The number of phenolic OH excluding ortho intramolecular Hbond substituents is 1. The highest BCUT2D eigenvalue weighted by atomic mass is 31.1. The molecule has 14 heteroatoms. The first-order chi connectivity index (χ1) is 17.4. The van der Waals surface area contributed by atoms with Gasteiger partial charge in [-0.2, -0.15) is 0 Å². The van der Waals surface area contributed by atoms with Gasteiger partial charge in [0.05, 0.1) is 6.10 Å². The molecular weight excluding hydrogens is 512 g/mol. The second-order valence-corrected chi connectivity index (χ2v) is 10.1. The molecule has 0 aliphatic carbocycles. The van der Waals surface area contributed by atoms with Crippen LogP contribution in [0.1, 0.15) is 40.3 Å². The number of aliphatic hydroxyl groups is 1. The Morgan fingerprint density at radius 1 is 1.32 bits per heavy atom. The lowest BCUT2D eigenvalue weighted by molar-refractivity contribution is -0.148. The minimum atomic E-state index is -2.89. The number of benzene rings is 1. The number of anilines is 1. The summed E-state index contributed by atoms with van der Waals surface area (Å²) in [6, 6.07) is 5.79. The van der Waals surface area contributed by atoms with Crippen LogP contribution >= 0.6 is 8.18 Å². The van der Waals surface area contributed by atoms with Crippen LogP contribution in [0.2, 0.25) is 0 Å². The summed E-state index contributed by atoms with van der Waals surface area (Å²) in [5.74, 6) is -0.963. The fraction of sp³-hybridized carbons (Fsp3) is 0.522. The molecule has 1 aliphatic heterocycles. The van der Waals surface area contributed by atoms with E-state index in [0.717, 1.165) is 28.4 Å². The van der Waals surface area contributed by atoms with Crippen molar-refractivity contribution in [2.45, 2.75) is 70.4 Å². The van der Waals surface area contributed by atoms with E-state index in [1.54, 1.807) is 32.9 Å². The monoisotopic (exact) mass is 542 g/mol. The number of ether oxygens (including phenoxy) is 2. The van der Waals surface area contributed by atoms with Gasteiger partial charge in [0.15, 0.2) is 17.9 Å². The smallest absolute Gasteiger partial charge is 0.506 e. The van der Waals surface area contributed by atoms with Crippen LogP contribution in [-0.4, -0.2) is 62.4 Å². The van der Waals surface area contributed by atoms with E-state index in [0.29, 0.717) is 0 Å². The molecule has 202 valence electrons. The number of para-hydroxylation sites is 2. The average molecular weight is 542 g/mol. The molecular formula is C23H30FN3O9P+. The van der Waals surface area contributed by atoms with E-state index in [-0.39, 0.29) is 17.9 Å². The van der Waals surface area contributed by atoms with Crippen LogP contribution in [-0.2, 0) is 23.4 Å². The van der Waals surface area contributed by atoms with Gasteiger partial charge in [-0.3, -0.25) is 14.3 Å². The molecule has 1 saturated heterocycles. The number of carbonyl (C=O) groups excluding carboxylic acids is 1. The summed E-state index contributed by atoms with van der Waals surface area (Å²) in [7, 11) is -2.89. The molecule has 1 aromatic heterocycles. The van der Waals surface area contributed by atoms with Crippen molar-refractivity contribution in [3.8, 4) is 5.75 Å². The fourth-order valence-corrected chi connectivity index (χ4v) is 5.17. The van der Waals surface area contributed by atoms with Crippen LogP contribution in [0.25, 0.3) is 0 Å². The lowest BCUT2D eigenvalue weighted by Gasteiger charge is -2.24. The zero-order chi connectivity index (χ0) is 27.5. The first kappa shape index (κ1) is 28.5. The van der Waals surface area contributed by atoms with Gasteiger partial charge in [0.2, 0.25) is 0 Å². The van der Waals surface area contributed by atoms with Crippen molar-refractivity contribution in [3.05, 3.63) is 57.4 Å². The van der Waals surface area contributed by atoms with Crippen molar-refractivity contribution in [2.24, 2.45) is 0 Å². The van der Waals surface area contributed by atoms with Crippen molar-refractivity contribution in [3.63, 3.8) is 0 Å². The Morgan fingerprint density at radius 3 is 2.59 bits per heavy atom. The van der Waals surface area contributed by atoms with Gasteiger partial charge in [-0.15, -0.1) is 9.19 Å². The van der Waals surface area contributed by atoms with Gasteiger partial charge in [-0.05, 0) is 43.9 Å². The van der Waals surface area contributed by atoms with Crippen LogP contribution < -0.4 is 15.9 Å². The molecule has 6 unspecified atom stereocenters. The molecule has 3 N–H and O–H groups in total. The molecule has 1 aromatic carbocycles. The molecule has 2 heterocycles. The maximum absolute atomic E-state index is 15.4. The lowest BCUT2D eigenvalue weighted by atomic mass is 9.98. The van der Waals surface area contributed by atoms with Crippen molar-refractivity contribution in [1.29, 1.82) is 0 Å². The van der Waals surface area contributed by atoms with Crippen molar-refractivity contribution in [1.82, 2.24) is 9.55 Å². The largest absolute Gasteiger partial charge is 0.646 e. The van der Waals surface area contributed by atoms with Gasteiger partial charge >= 0.3 is 19.8 Å². The number of alkyl halides is 1. The van der Waals surface area contributed by atoms with E-state index in [2.05, 4.69) is 0 Å². The Balaban J connectivity index is 1.84. The maximum Gasteiger partial charge on any atom is 0.646 e. The molecule has 37 heavy (non-hydrogen) atoms. The Bertz CT molecular complexity index is 1250. The van der Waals surface area contributed by atoms with Crippen LogP contribution in [0, 0.1) is 0 Å². The molecule has 0 saturated carbocycles. The summed E-state index contributed by atoms with van der Waals surface area (Å²) in [6.07, 6.45) is -4.06. The third kappa shape index (κ3) is 6.07. The number of carbonyl (C=O) groups is 1. The number of hydrogen-bond acceptors (Lipinski definition) is 9. The first-order valence-electron chi connectivity index (χ1n) is 11.6. The number of halogens is 1. The normalized spacial score (nSPS) is 24.6. The predicted molar refractivity (Wildman–Crippen MR) is 130 cm³/mol. The van der Waals surface area contributed by atoms with Crippen molar-refractivity contribution < 1.29 is 38.0 Å². The summed E-state index contributed by atoms with van der Waals surface area (Å²) in [5.41, 5.74) is -4.08. The van der Waals surface area contributed by atoms with Gasteiger partial charge in [-0.1, -0.05) is 19.1 Å². The highest BCUT2D eigenvalue weighted by molar-refractivity contribution is 7.41. The SMILES string of the molecule is CCC(C(=O)OC(C)C)N(c1ccccc1O)[P+](=O)OCC1OC(n2ccc(=O)[nH]c2=O)C(C)(F)C1O. The Labute approximate surface area is 212 Å². The summed E-state index contributed by atoms with van der Waals surface area (Å²) in [5, 5.41) is 20.9. The van der Waals surface area contributed by atoms with E-state index in [1.807, 2.05) is 4.98 Å². The quantitative estimate of drug-likeness (QED) is 0.300. The van der Waals surface area contributed by atoms with E-state index in [9.17, 15) is 29.2 Å². The lowest BCUT2D eigenvalue weighted by Crippen LogP contribution is -2.43. The zero-order valence-corrected chi connectivity index (χ0v) is 21.6. The molecule has 1 fully saturated rings. The number of aromatic amines is 1. The van der Waals surface area contributed by atoms with Gasteiger partial charge < -0.3 is 19.7 Å². The number of phenols is 1. The molecule has 0 spiro atoms. The number of H-pyrrole nitrogens is 1. The van der Waals surface area contributed by atoms with Crippen molar-refractivity contribution >= 4 is 19.8 Å². The van der Waals surface area contributed by atoms with Crippen LogP contribution in [0.15, 0.2) is 46.1 Å². The van der Waals surface area contributed by atoms with E-state index in [4.69, 9.17) is 14.0 Å². The van der Waals surface area contributed by atoms with Crippen LogP contribution in [0.4, 0.5) is 10.1 Å². The Morgan fingerprint density at radius 2 is 2.00 bits per heavy atom. The van der Waals surface area contributed by atoms with E-state index in [1.165, 1.54) is 12.1 Å². The number of nitrogens with zero attached hydrogens (tertiary/aromatic N) is 2. The highest BCUT2D eigenvalue weighted by Gasteiger charge is 2.56. The summed E-state index contributed by atoms with van der Waals surface area (Å²) in [4.78, 5) is 38.3. The predicted octanol–water partition coefficient (Wildman–Crippen LogP) is 2.14. The molecule has 0 bridgehead atoms. The third-order valence-electron chi connectivity index (χ3n) is 5.78. The highest BCUT2D eigenvalue weighted by Crippen LogP contribution is 2.45. The first-order valence-corrected chi connectivity index (χ1v) is 12.7. The number of nitrogens with one attached hydrogen (secondary N) is 1. The fourth-order valence-electron chi connectivity index (χ4n) is 3.94. The second-order valence-electron chi connectivity index (χ2n) is 8.92. The topological polar surface area (TPSA) is 160 Å². The summed E-state index contributed by atoms with van der Waals surface area (Å²) >= 11 is 0. The molecule has 0 amide bonds. The molecule has 0 radical (unpaired) electrons. The zero-order valence-electron chi connectivity index (χ0n) is 20.7. The summed E-state index contributed by atoms with van der Waals surface area (Å²) < 4.78 is 46.9. The van der Waals surface area contributed by atoms with E-state index < -0.39 is 68.3 Å². The van der Waals surface area contributed by atoms with Crippen LogP contribution in [0.3, 0.4) is 0 Å². The third-order valence-corrected chi connectivity index (χ3v) is 7.00. The Hall–Kier alpha value is -3.12. The van der Waals surface area contributed by atoms with Gasteiger partial charge in [0, 0.05) is 12.3 Å². The van der Waals surface area contributed by atoms with Gasteiger partial charge in [0.1, 0.15) is 30.3 Å². The van der Waals surface area contributed by atoms with Crippen LogP contribution in [0.5, 0.6) is 5.75 Å². The summed E-state index contributed by atoms with van der Waals surface area (Å²) in [6.45, 7) is 5.39. The number of aromatic nitrogens is 2. The molecule has 2 aromatic rings. The molecule has 6 atom stereocenters. The minimum Gasteiger partial charge on any atom is -0.506 e. The number of esters is 1. The standard InChI is InChI=1S/C23H29FN3O9P/c1-5-14(20(31)35-13(2)3)27(15-8-6-7-9-16(15)28)37(33)34-12-17-19(30)23(4,24)21(36-17)26-11-10-18(29)25-22(26)32/h6-11,13-14,17,19,21,30H,5,12H2,1-4H3,(H-,25,28,29,32)/p+1. The number of hydrogen-bond donors (Lipinski definition) is 3. The number of rotatable bonds is 10. The average Bonchev–Trinajstić information content (AvgIpc) is 3.04. The van der Waals surface area contributed by atoms with E-state index >= 15 is 4.39 Å². The van der Waals surface area contributed by atoms with Gasteiger partial charge in [0.25, 0.3) is 5.56 Å². The minimum absolute atomic E-state index is 0.0389. The van der Waals surface area contributed by atoms with Crippen molar-refractivity contribution in [2.75, 3.05) is 11.3 Å². The molecule has 3 rings (SSSR count).